The third kappa shape index (κ3) is 2.62. The summed E-state index contributed by atoms with van der Waals surface area (Å²) in [6, 6.07) is 16.7. The van der Waals surface area contributed by atoms with Gasteiger partial charge in [0.2, 0.25) is 0 Å². The first-order valence-electron chi connectivity index (χ1n) is 7.25. The van der Waals surface area contributed by atoms with Crippen LogP contribution in [0.5, 0.6) is 0 Å². The average molecular weight is 278 g/mol. The number of ether oxygens (including phenoxy) is 1. The van der Waals surface area contributed by atoms with Gasteiger partial charge in [-0.3, -0.25) is 4.79 Å². The van der Waals surface area contributed by atoms with Crippen molar-refractivity contribution in [1.82, 2.24) is 0 Å². The van der Waals surface area contributed by atoms with Crippen LogP contribution in [0.3, 0.4) is 0 Å². The normalized spacial score (nSPS) is 11.0. The molecule has 0 N–H and O–H groups in total. The summed E-state index contributed by atoms with van der Waals surface area (Å²) in [7, 11) is 0. The third-order valence-electron chi connectivity index (χ3n) is 3.76. The number of hydrogen-bond acceptors (Lipinski definition) is 2. The number of fused-ring (bicyclic) bond motifs is 2. The molecule has 0 heterocycles. The zero-order valence-electron chi connectivity index (χ0n) is 12.3. The standard InChI is InChI=1S/C19H18O2/c1-3-21-19(20)12-18-16-7-5-4-6-14(16)11-15-9-8-13(2)10-17(15)18/h4-11H,3,12H2,1-2H3. The molecule has 2 nitrogen and oxygen atoms in total. The molecule has 0 spiro atoms. The van der Waals surface area contributed by atoms with Crippen LogP contribution in [-0.2, 0) is 16.0 Å². The highest BCUT2D eigenvalue weighted by Gasteiger charge is 2.12. The summed E-state index contributed by atoms with van der Waals surface area (Å²) >= 11 is 0. The monoisotopic (exact) mass is 278 g/mol. The van der Waals surface area contributed by atoms with E-state index >= 15 is 0 Å². The molecular formula is C19H18O2. The molecule has 0 aromatic heterocycles. The van der Waals surface area contributed by atoms with Crippen LogP contribution in [0.2, 0.25) is 0 Å². The van der Waals surface area contributed by atoms with Crippen molar-refractivity contribution < 1.29 is 9.53 Å². The summed E-state index contributed by atoms with van der Waals surface area (Å²) in [5.74, 6) is -0.170. The number of aryl methyl sites for hydroxylation is 1. The summed E-state index contributed by atoms with van der Waals surface area (Å²) in [5.41, 5.74) is 2.26. The topological polar surface area (TPSA) is 26.3 Å². The van der Waals surface area contributed by atoms with Crippen LogP contribution in [0.25, 0.3) is 21.5 Å². The lowest BCUT2D eigenvalue weighted by molar-refractivity contribution is -0.142. The van der Waals surface area contributed by atoms with E-state index < -0.39 is 0 Å². The maximum Gasteiger partial charge on any atom is 0.310 e. The quantitative estimate of drug-likeness (QED) is 0.524. The van der Waals surface area contributed by atoms with E-state index in [1.807, 2.05) is 19.1 Å². The van der Waals surface area contributed by atoms with E-state index in [0.29, 0.717) is 13.0 Å². The molecule has 0 fully saturated rings. The van der Waals surface area contributed by atoms with Crippen LogP contribution in [0, 0.1) is 6.92 Å². The van der Waals surface area contributed by atoms with Crippen molar-refractivity contribution in [3.63, 3.8) is 0 Å². The van der Waals surface area contributed by atoms with Crippen molar-refractivity contribution in [3.05, 3.63) is 59.7 Å². The Morgan fingerprint density at radius 2 is 1.76 bits per heavy atom. The van der Waals surface area contributed by atoms with Crippen LogP contribution < -0.4 is 0 Å². The van der Waals surface area contributed by atoms with Crippen LogP contribution in [-0.4, -0.2) is 12.6 Å². The highest BCUT2D eigenvalue weighted by Crippen LogP contribution is 2.29. The molecule has 0 saturated carbocycles. The van der Waals surface area contributed by atoms with Crippen molar-refractivity contribution in [1.29, 1.82) is 0 Å². The van der Waals surface area contributed by atoms with Crippen LogP contribution >= 0.6 is 0 Å². The molecule has 0 atom stereocenters. The summed E-state index contributed by atoms with van der Waals surface area (Å²) in [4.78, 5) is 12.0. The molecule has 0 bridgehead atoms. The first-order valence-corrected chi connectivity index (χ1v) is 7.25. The van der Waals surface area contributed by atoms with Gasteiger partial charge in [0.15, 0.2) is 0 Å². The van der Waals surface area contributed by atoms with E-state index in [1.165, 1.54) is 10.9 Å². The Morgan fingerprint density at radius 1 is 1.00 bits per heavy atom. The highest BCUT2D eigenvalue weighted by atomic mass is 16.5. The Kier molecular flexibility index (Phi) is 3.61. The van der Waals surface area contributed by atoms with Gasteiger partial charge in [-0.2, -0.15) is 0 Å². The summed E-state index contributed by atoms with van der Waals surface area (Å²) < 4.78 is 5.13. The predicted octanol–water partition coefficient (Wildman–Crippen LogP) is 4.41. The Balaban J connectivity index is 2.28. The van der Waals surface area contributed by atoms with Gasteiger partial charge in [-0.1, -0.05) is 48.0 Å². The minimum absolute atomic E-state index is 0.170. The van der Waals surface area contributed by atoms with Gasteiger partial charge in [0.1, 0.15) is 0 Å². The maximum atomic E-state index is 12.0. The lowest BCUT2D eigenvalue weighted by Gasteiger charge is -2.12. The van der Waals surface area contributed by atoms with Gasteiger partial charge >= 0.3 is 5.97 Å². The molecule has 2 heteroatoms. The molecule has 0 unspecified atom stereocenters. The molecule has 3 aromatic carbocycles. The Bertz CT molecular complexity index is 818. The maximum absolute atomic E-state index is 12.0. The number of carbonyl (C=O) groups excluding carboxylic acids is 1. The second-order valence-electron chi connectivity index (χ2n) is 5.28. The van der Waals surface area contributed by atoms with E-state index in [2.05, 4.69) is 43.3 Å². The van der Waals surface area contributed by atoms with Crippen LogP contribution in [0.1, 0.15) is 18.1 Å². The number of hydrogen-bond donors (Lipinski definition) is 0. The largest absolute Gasteiger partial charge is 0.466 e. The Hall–Kier alpha value is -2.35. The van der Waals surface area contributed by atoms with E-state index in [1.54, 1.807) is 0 Å². The number of rotatable bonds is 3. The lowest BCUT2D eigenvalue weighted by Crippen LogP contribution is -2.08. The highest BCUT2D eigenvalue weighted by molar-refractivity contribution is 6.04. The fourth-order valence-electron chi connectivity index (χ4n) is 2.81. The van der Waals surface area contributed by atoms with E-state index in [4.69, 9.17) is 4.74 Å². The van der Waals surface area contributed by atoms with E-state index in [-0.39, 0.29) is 5.97 Å². The van der Waals surface area contributed by atoms with Gasteiger partial charge in [-0.05, 0) is 47.0 Å². The number of esters is 1. The first-order chi connectivity index (χ1) is 10.2. The molecule has 106 valence electrons. The van der Waals surface area contributed by atoms with Crippen molar-refractivity contribution >= 4 is 27.5 Å². The third-order valence-corrected chi connectivity index (χ3v) is 3.76. The Labute approximate surface area is 124 Å². The van der Waals surface area contributed by atoms with E-state index in [9.17, 15) is 4.79 Å². The van der Waals surface area contributed by atoms with Crippen LogP contribution in [0.15, 0.2) is 48.5 Å². The smallest absolute Gasteiger partial charge is 0.310 e. The van der Waals surface area contributed by atoms with Gasteiger partial charge in [0.25, 0.3) is 0 Å². The van der Waals surface area contributed by atoms with Gasteiger partial charge in [0.05, 0.1) is 13.0 Å². The Morgan fingerprint density at radius 3 is 2.57 bits per heavy atom. The fraction of sp³-hybridized carbons (Fsp3) is 0.211. The molecule has 0 aliphatic heterocycles. The van der Waals surface area contributed by atoms with Gasteiger partial charge in [-0.25, -0.2) is 0 Å². The number of carbonyl (C=O) groups is 1. The first kappa shape index (κ1) is 13.6. The minimum atomic E-state index is -0.170. The van der Waals surface area contributed by atoms with Crippen molar-refractivity contribution in [2.75, 3.05) is 6.61 Å². The summed E-state index contributed by atoms with van der Waals surface area (Å²) in [6.07, 6.45) is 0.315. The molecular weight excluding hydrogens is 260 g/mol. The average Bonchev–Trinajstić information content (AvgIpc) is 2.48. The van der Waals surface area contributed by atoms with Gasteiger partial charge in [0, 0.05) is 0 Å². The molecule has 0 amide bonds. The van der Waals surface area contributed by atoms with Crippen molar-refractivity contribution in [2.45, 2.75) is 20.3 Å². The van der Waals surface area contributed by atoms with Gasteiger partial charge < -0.3 is 4.74 Å². The zero-order chi connectivity index (χ0) is 14.8. The van der Waals surface area contributed by atoms with E-state index in [0.717, 1.165) is 21.7 Å². The number of benzene rings is 3. The van der Waals surface area contributed by atoms with Crippen LogP contribution in [0.4, 0.5) is 0 Å². The second kappa shape index (κ2) is 5.57. The van der Waals surface area contributed by atoms with Crippen molar-refractivity contribution in [3.8, 4) is 0 Å². The lowest BCUT2D eigenvalue weighted by atomic mass is 9.94. The molecule has 3 aromatic rings. The molecule has 0 aliphatic rings. The second-order valence-corrected chi connectivity index (χ2v) is 5.28. The summed E-state index contributed by atoms with van der Waals surface area (Å²) in [5, 5.41) is 4.59. The van der Waals surface area contributed by atoms with Gasteiger partial charge in [-0.15, -0.1) is 0 Å². The SMILES string of the molecule is CCOC(=O)Cc1c2ccccc2cc2ccc(C)cc12. The van der Waals surface area contributed by atoms with Crippen molar-refractivity contribution in [2.24, 2.45) is 0 Å². The molecule has 21 heavy (non-hydrogen) atoms. The fourth-order valence-corrected chi connectivity index (χ4v) is 2.81. The molecule has 0 radical (unpaired) electrons. The molecule has 0 saturated heterocycles. The summed E-state index contributed by atoms with van der Waals surface area (Å²) in [6.45, 7) is 4.33. The predicted molar refractivity (Wildman–Crippen MR) is 86.5 cm³/mol. The minimum Gasteiger partial charge on any atom is -0.466 e. The zero-order valence-corrected chi connectivity index (χ0v) is 12.3. The molecule has 3 rings (SSSR count). The molecule has 0 aliphatic carbocycles.